The summed E-state index contributed by atoms with van der Waals surface area (Å²) >= 11 is 6.03. The molecule has 4 saturated carbocycles. The van der Waals surface area contributed by atoms with Gasteiger partial charge in [0.15, 0.2) is 0 Å². The molecule has 1 heterocycles. The SMILES string of the molecule is CCCCc1ccc(NC(=O)C23CC4CC(C2)CC(n2cnc(Cl)n2)(C4)C3)cc1. The first-order valence-corrected chi connectivity index (χ1v) is 11.4. The molecule has 6 heteroatoms. The Morgan fingerprint density at radius 1 is 1.21 bits per heavy atom. The lowest BCUT2D eigenvalue weighted by Crippen LogP contribution is -2.60. The normalized spacial score (nSPS) is 32.5. The minimum absolute atomic E-state index is 0.106. The molecular weight excluding hydrogens is 384 g/mol. The van der Waals surface area contributed by atoms with Gasteiger partial charge in [0, 0.05) is 5.69 Å². The van der Waals surface area contributed by atoms with Crippen molar-refractivity contribution in [1.29, 1.82) is 0 Å². The Hall–Kier alpha value is -1.88. The molecule has 154 valence electrons. The lowest BCUT2D eigenvalue weighted by atomic mass is 9.46. The highest BCUT2D eigenvalue weighted by Crippen LogP contribution is 2.64. The van der Waals surface area contributed by atoms with Crippen LogP contribution in [-0.4, -0.2) is 20.7 Å². The number of aromatic nitrogens is 3. The fraction of sp³-hybridized carbons (Fsp3) is 0.609. The third-order valence-corrected chi connectivity index (χ3v) is 7.67. The van der Waals surface area contributed by atoms with Gasteiger partial charge in [-0.3, -0.25) is 4.79 Å². The molecule has 0 spiro atoms. The number of aryl methyl sites for hydroxylation is 1. The highest BCUT2D eigenvalue weighted by Gasteiger charge is 2.61. The van der Waals surface area contributed by atoms with Crippen molar-refractivity contribution < 1.29 is 4.79 Å². The maximum absolute atomic E-state index is 13.5. The van der Waals surface area contributed by atoms with E-state index in [9.17, 15) is 4.79 Å². The fourth-order valence-corrected chi connectivity index (χ4v) is 6.74. The van der Waals surface area contributed by atoms with E-state index >= 15 is 0 Å². The Morgan fingerprint density at radius 3 is 2.55 bits per heavy atom. The Kier molecular flexibility index (Phi) is 4.69. The van der Waals surface area contributed by atoms with E-state index in [4.69, 9.17) is 11.6 Å². The molecular formula is C23H29ClN4O. The number of nitrogens with zero attached hydrogens (tertiary/aromatic N) is 3. The molecule has 4 fully saturated rings. The van der Waals surface area contributed by atoms with Gasteiger partial charge in [-0.25, -0.2) is 9.67 Å². The van der Waals surface area contributed by atoms with E-state index in [0.29, 0.717) is 17.1 Å². The van der Waals surface area contributed by atoms with Crippen molar-refractivity contribution in [3.63, 3.8) is 0 Å². The van der Waals surface area contributed by atoms with E-state index in [2.05, 4.69) is 46.6 Å². The van der Waals surface area contributed by atoms with E-state index in [1.54, 1.807) is 6.33 Å². The summed E-state index contributed by atoms with van der Waals surface area (Å²) in [5, 5.41) is 7.99. The average molecular weight is 413 g/mol. The summed E-state index contributed by atoms with van der Waals surface area (Å²) in [7, 11) is 0. The Balaban J connectivity index is 1.37. The first-order valence-electron chi connectivity index (χ1n) is 11.0. The van der Waals surface area contributed by atoms with Crippen molar-refractivity contribution in [1.82, 2.24) is 14.8 Å². The van der Waals surface area contributed by atoms with Gasteiger partial charge in [0.05, 0.1) is 11.0 Å². The molecule has 0 saturated heterocycles. The molecule has 0 radical (unpaired) electrons. The zero-order valence-corrected chi connectivity index (χ0v) is 17.8. The Labute approximate surface area is 177 Å². The number of anilines is 1. The van der Waals surface area contributed by atoms with Gasteiger partial charge in [0.2, 0.25) is 11.2 Å². The predicted molar refractivity (Wildman–Crippen MR) is 114 cm³/mol. The standard InChI is InChI=1S/C23H29ClN4O/c1-2-3-4-16-5-7-19(8-6-16)26-20(29)22-10-17-9-18(11-22)13-23(12-17,14-22)28-15-25-21(24)27-28/h5-8,15,17-18H,2-4,9-14H2,1H3,(H,26,29). The van der Waals surface area contributed by atoms with Gasteiger partial charge in [-0.1, -0.05) is 25.5 Å². The summed E-state index contributed by atoms with van der Waals surface area (Å²) in [6.45, 7) is 2.21. The molecule has 4 aliphatic rings. The third kappa shape index (κ3) is 3.37. The van der Waals surface area contributed by atoms with Crippen LogP contribution in [0.3, 0.4) is 0 Å². The molecule has 1 aromatic carbocycles. The van der Waals surface area contributed by atoms with Gasteiger partial charge < -0.3 is 5.32 Å². The number of carbonyl (C=O) groups is 1. The second-order valence-electron chi connectivity index (χ2n) is 9.68. The molecule has 1 amide bonds. The summed E-state index contributed by atoms with van der Waals surface area (Å²) in [6.07, 6.45) is 11.5. The minimum Gasteiger partial charge on any atom is -0.326 e. The van der Waals surface area contributed by atoms with Crippen LogP contribution in [0.2, 0.25) is 5.28 Å². The summed E-state index contributed by atoms with van der Waals surface area (Å²) in [5.74, 6) is 1.35. The van der Waals surface area contributed by atoms with E-state index < -0.39 is 0 Å². The van der Waals surface area contributed by atoms with Crippen LogP contribution in [0.25, 0.3) is 0 Å². The van der Waals surface area contributed by atoms with Crippen LogP contribution >= 0.6 is 11.6 Å². The van der Waals surface area contributed by atoms with E-state index in [-0.39, 0.29) is 16.9 Å². The van der Waals surface area contributed by atoms with Gasteiger partial charge in [-0.15, -0.1) is 5.10 Å². The predicted octanol–water partition coefficient (Wildman–Crippen LogP) is 5.21. The fourth-order valence-electron chi connectivity index (χ4n) is 6.62. The number of carbonyl (C=O) groups excluding carboxylic acids is 1. The van der Waals surface area contributed by atoms with Crippen molar-refractivity contribution in [3.05, 3.63) is 41.4 Å². The number of nitrogens with one attached hydrogen (secondary N) is 1. The molecule has 2 atom stereocenters. The van der Waals surface area contributed by atoms with Crippen molar-refractivity contribution in [2.45, 2.75) is 70.3 Å². The van der Waals surface area contributed by atoms with Crippen molar-refractivity contribution in [2.24, 2.45) is 17.3 Å². The van der Waals surface area contributed by atoms with Gasteiger partial charge >= 0.3 is 0 Å². The van der Waals surface area contributed by atoms with Gasteiger partial charge in [0.1, 0.15) is 6.33 Å². The Bertz CT molecular complexity index is 892. The van der Waals surface area contributed by atoms with Crippen LogP contribution in [0.15, 0.2) is 30.6 Å². The highest BCUT2D eigenvalue weighted by molar-refractivity contribution is 6.28. The number of unbranched alkanes of at least 4 members (excludes halogenated alkanes) is 1. The number of halogens is 1. The Morgan fingerprint density at radius 2 is 1.93 bits per heavy atom. The minimum atomic E-state index is -0.302. The monoisotopic (exact) mass is 412 g/mol. The lowest BCUT2D eigenvalue weighted by Gasteiger charge is -2.60. The lowest BCUT2D eigenvalue weighted by molar-refractivity contribution is -0.150. The van der Waals surface area contributed by atoms with Gasteiger partial charge in [-0.2, -0.15) is 0 Å². The zero-order chi connectivity index (χ0) is 20.1. The van der Waals surface area contributed by atoms with E-state index in [1.165, 1.54) is 24.8 Å². The van der Waals surface area contributed by atoms with Gasteiger partial charge in [-0.05, 0) is 92.5 Å². The molecule has 6 rings (SSSR count). The topological polar surface area (TPSA) is 59.8 Å². The molecule has 1 aromatic heterocycles. The van der Waals surface area contributed by atoms with Crippen LogP contribution in [0.5, 0.6) is 0 Å². The van der Waals surface area contributed by atoms with Crippen molar-refractivity contribution in [2.75, 3.05) is 5.32 Å². The summed E-state index contributed by atoms with van der Waals surface area (Å²) in [4.78, 5) is 17.7. The smallest absolute Gasteiger partial charge is 0.242 e. The second kappa shape index (κ2) is 7.12. The number of hydrogen-bond donors (Lipinski definition) is 1. The molecule has 1 N–H and O–H groups in total. The molecule has 5 nitrogen and oxygen atoms in total. The van der Waals surface area contributed by atoms with Crippen molar-refractivity contribution >= 4 is 23.2 Å². The molecule has 0 aliphatic heterocycles. The van der Waals surface area contributed by atoms with Crippen LogP contribution in [0.4, 0.5) is 5.69 Å². The molecule has 2 unspecified atom stereocenters. The molecule has 4 aliphatic carbocycles. The van der Waals surface area contributed by atoms with Crippen LogP contribution < -0.4 is 5.32 Å². The number of amides is 1. The second-order valence-corrected chi connectivity index (χ2v) is 10.0. The van der Waals surface area contributed by atoms with Gasteiger partial charge in [0.25, 0.3) is 0 Å². The summed E-state index contributed by atoms with van der Waals surface area (Å²) < 4.78 is 1.97. The number of hydrogen-bond acceptors (Lipinski definition) is 3. The van der Waals surface area contributed by atoms with Crippen LogP contribution in [0, 0.1) is 17.3 Å². The van der Waals surface area contributed by atoms with Crippen LogP contribution in [-0.2, 0) is 16.8 Å². The molecule has 4 bridgehead atoms. The zero-order valence-electron chi connectivity index (χ0n) is 17.0. The summed E-state index contributed by atoms with van der Waals surface area (Å²) in [5.41, 5.74) is 1.83. The first-order chi connectivity index (χ1) is 14.0. The maximum Gasteiger partial charge on any atom is 0.242 e. The third-order valence-electron chi connectivity index (χ3n) is 7.49. The van der Waals surface area contributed by atoms with E-state index in [0.717, 1.165) is 44.2 Å². The maximum atomic E-state index is 13.5. The molecule has 2 aromatic rings. The highest BCUT2D eigenvalue weighted by atomic mass is 35.5. The van der Waals surface area contributed by atoms with Crippen LogP contribution in [0.1, 0.15) is 63.9 Å². The average Bonchev–Trinajstić information content (AvgIpc) is 3.14. The molecule has 29 heavy (non-hydrogen) atoms. The van der Waals surface area contributed by atoms with Crippen molar-refractivity contribution in [3.8, 4) is 0 Å². The number of rotatable bonds is 6. The number of benzene rings is 1. The quantitative estimate of drug-likeness (QED) is 0.708. The summed E-state index contributed by atoms with van der Waals surface area (Å²) in [6, 6.07) is 8.39. The largest absolute Gasteiger partial charge is 0.326 e. The first kappa shape index (κ1) is 19.1. The van der Waals surface area contributed by atoms with E-state index in [1.807, 2.05) is 4.68 Å².